The van der Waals surface area contributed by atoms with Gasteiger partial charge in [0.15, 0.2) is 6.10 Å². The number of anilines is 1. The van der Waals surface area contributed by atoms with Crippen LogP contribution in [0.25, 0.3) is 11.3 Å². The number of benzene rings is 2. The molecule has 2 aromatic carbocycles. The van der Waals surface area contributed by atoms with Crippen LogP contribution in [-0.4, -0.2) is 17.1 Å². The molecule has 0 saturated heterocycles. The third-order valence-corrected chi connectivity index (χ3v) is 4.35. The lowest BCUT2D eigenvalue weighted by Gasteiger charge is -2.16. The summed E-state index contributed by atoms with van der Waals surface area (Å²) in [5.74, 6) is 1.21. The van der Waals surface area contributed by atoms with Gasteiger partial charge in [0.2, 0.25) is 0 Å². The van der Waals surface area contributed by atoms with Crippen LogP contribution in [-0.2, 0) is 11.4 Å². The monoisotopic (exact) mass is 405 g/mol. The molecule has 1 atom stereocenters. The van der Waals surface area contributed by atoms with Crippen molar-refractivity contribution in [3.63, 3.8) is 0 Å². The van der Waals surface area contributed by atoms with Gasteiger partial charge in [-0.25, -0.2) is 0 Å². The molecular weight excluding hydrogens is 389 g/mol. The van der Waals surface area contributed by atoms with E-state index in [2.05, 4.69) is 5.32 Å². The lowest BCUT2D eigenvalue weighted by molar-refractivity contribution is -0.122. The lowest BCUT2D eigenvalue weighted by atomic mass is 10.1. The van der Waals surface area contributed by atoms with Crippen LogP contribution in [0.3, 0.4) is 0 Å². The summed E-state index contributed by atoms with van der Waals surface area (Å²) in [7, 11) is 0. The number of amides is 1. The first-order valence-corrected chi connectivity index (χ1v) is 8.94. The van der Waals surface area contributed by atoms with Crippen LogP contribution in [0.15, 0.2) is 59.0 Å². The van der Waals surface area contributed by atoms with E-state index in [-0.39, 0.29) is 12.5 Å². The fraction of sp³-hybridized carbons (Fsp3) is 0.150. The van der Waals surface area contributed by atoms with Crippen molar-refractivity contribution >= 4 is 34.8 Å². The molecular formula is C20H17Cl2NO4. The standard InChI is InChI=1S/C20H17Cl2NO4/c1-12(26-19-8-4-14(21)10-17(19)22)20(25)23-15-5-2-13(3-6-15)18-9-7-16(11-24)27-18/h2-10,12,24H,11H2,1H3,(H,23,25). The molecule has 0 bridgehead atoms. The first-order valence-electron chi connectivity index (χ1n) is 8.19. The maximum Gasteiger partial charge on any atom is 0.265 e. The van der Waals surface area contributed by atoms with Gasteiger partial charge in [-0.15, -0.1) is 0 Å². The molecule has 5 nitrogen and oxygen atoms in total. The van der Waals surface area contributed by atoms with E-state index < -0.39 is 6.10 Å². The molecule has 0 aliphatic rings. The second-order valence-electron chi connectivity index (χ2n) is 5.83. The molecule has 3 aromatic rings. The molecule has 1 heterocycles. The highest BCUT2D eigenvalue weighted by atomic mass is 35.5. The molecule has 3 rings (SSSR count). The lowest BCUT2D eigenvalue weighted by Crippen LogP contribution is -2.30. The number of ether oxygens (including phenoxy) is 1. The minimum Gasteiger partial charge on any atom is -0.479 e. The fourth-order valence-corrected chi connectivity index (χ4v) is 2.85. The number of carbonyl (C=O) groups excluding carboxylic acids is 1. The topological polar surface area (TPSA) is 71.7 Å². The summed E-state index contributed by atoms with van der Waals surface area (Å²) in [6.07, 6.45) is -0.750. The van der Waals surface area contributed by atoms with Gasteiger partial charge in [-0.05, 0) is 61.5 Å². The van der Waals surface area contributed by atoms with Crippen LogP contribution >= 0.6 is 23.2 Å². The molecule has 140 valence electrons. The van der Waals surface area contributed by atoms with Gasteiger partial charge >= 0.3 is 0 Å². The molecule has 0 fully saturated rings. The number of aliphatic hydroxyl groups excluding tert-OH is 1. The van der Waals surface area contributed by atoms with Crippen molar-refractivity contribution < 1.29 is 19.1 Å². The van der Waals surface area contributed by atoms with Crippen molar-refractivity contribution in [1.82, 2.24) is 0 Å². The minimum absolute atomic E-state index is 0.149. The predicted octanol–water partition coefficient (Wildman–Crippen LogP) is 5.15. The summed E-state index contributed by atoms with van der Waals surface area (Å²) in [5, 5.41) is 12.7. The number of nitrogens with one attached hydrogen (secondary N) is 1. The van der Waals surface area contributed by atoms with Crippen LogP contribution in [0.1, 0.15) is 12.7 Å². The third kappa shape index (κ3) is 4.83. The Balaban J connectivity index is 1.63. The van der Waals surface area contributed by atoms with E-state index >= 15 is 0 Å². The second-order valence-corrected chi connectivity index (χ2v) is 6.67. The van der Waals surface area contributed by atoms with Gasteiger partial charge in [0.05, 0.1) is 5.02 Å². The van der Waals surface area contributed by atoms with Crippen LogP contribution in [0.2, 0.25) is 10.0 Å². The quantitative estimate of drug-likeness (QED) is 0.594. The highest BCUT2D eigenvalue weighted by molar-refractivity contribution is 6.35. The number of hydrogen-bond donors (Lipinski definition) is 2. The Morgan fingerprint density at radius 3 is 2.52 bits per heavy atom. The van der Waals surface area contributed by atoms with Crippen LogP contribution in [0, 0.1) is 0 Å². The van der Waals surface area contributed by atoms with Gasteiger partial charge in [-0.1, -0.05) is 23.2 Å². The summed E-state index contributed by atoms with van der Waals surface area (Å²) in [4.78, 5) is 12.3. The molecule has 0 aliphatic heterocycles. The first-order chi connectivity index (χ1) is 13.0. The van der Waals surface area contributed by atoms with Crippen molar-refractivity contribution in [3.8, 4) is 17.1 Å². The highest BCUT2D eigenvalue weighted by Crippen LogP contribution is 2.28. The third-order valence-electron chi connectivity index (χ3n) is 3.82. The van der Waals surface area contributed by atoms with Gasteiger partial charge in [-0.2, -0.15) is 0 Å². The summed E-state index contributed by atoms with van der Waals surface area (Å²) < 4.78 is 11.1. The smallest absolute Gasteiger partial charge is 0.265 e. The van der Waals surface area contributed by atoms with Crippen molar-refractivity contribution in [2.45, 2.75) is 19.6 Å². The van der Waals surface area contributed by atoms with E-state index in [1.807, 2.05) is 12.1 Å². The first kappa shape index (κ1) is 19.3. The van der Waals surface area contributed by atoms with Gasteiger partial charge in [0.25, 0.3) is 5.91 Å². The predicted molar refractivity (Wildman–Crippen MR) is 105 cm³/mol. The number of halogens is 2. The van der Waals surface area contributed by atoms with E-state index in [4.69, 9.17) is 37.5 Å². The van der Waals surface area contributed by atoms with Crippen LogP contribution in [0.5, 0.6) is 5.75 Å². The molecule has 7 heteroatoms. The van der Waals surface area contributed by atoms with Crippen LogP contribution < -0.4 is 10.1 Å². The van der Waals surface area contributed by atoms with Crippen molar-refractivity contribution in [2.75, 3.05) is 5.32 Å². The second kappa shape index (κ2) is 8.48. The van der Waals surface area contributed by atoms with Gasteiger partial charge < -0.3 is 19.6 Å². The Morgan fingerprint density at radius 2 is 1.89 bits per heavy atom. The molecule has 27 heavy (non-hydrogen) atoms. The Labute approximate surface area is 166 Å². The summed E-state index contributed by atoms with van der Waals surface area (Å²) >= 11 is 11.9. The Morgan fingerprint density at radius 1 is 1.15 bits per heavy atom. The number of aliphatic hydroxyl groups is 1. The molecule has 0 saturated carbocycles. The van der Waals surface area contributed by atoms with E-state index in [0.29, 0.717) is 33.0 Å². The summed E-state index contributed by atoms with van der Waals surface area (Å²) in [5.41, 5.74) is 1.46. The molecule has 1 aromatic heterocycles. The normalized spacial score (nSPS) is 11.9. The number of hydrogen-bond acceptors (Lipinski definition) is 4. The van der Waals surface area contributed by atoms with Gasteiger partial charge in [0.1, 0.15) is 23.9 Å². The van der Waals surface area contributed by atoms with Crippen molar-refractivity contribution in [3.05, 3.63) is 70.4 Å². The SMILES string of the molecule is CC(Oc1ccc(Cl)cc1Cl)C(=O)Nc1ccc(-c2ccc(CO)o2)cc1. The largest absolute Gasteiger partial charge is 0.479 e. The number of rotatable bonds is 6. The molecule has 0 spiro atoms. The minimum atomic E-state index is -0.750. The summed E-state index contributed by atoms with van der Waals surface area (Å²) in [6, 6.07) is 15.5. The van der Waals surface area contributed by atoms with Crippen molar-refractivity contribution in [2.24, 2.45) is 0 Å². The van der Waals surface area contributed by atoms with Gasteiger partial charge in [0, 0.05) is 16.3 Å². The van der Waals surface area contributed by atoms with E-state index in [1.165, 1.54) is 0 Å². The molecule has 0 aliphatic carbocycles. The highest BCUT2D eigenvalue weighted by Gasteiger charge is 2.16. The van der Waals surface area contributed by atoms with Crippen molar-refractivity contribution in [1.29, 1.82) is 0 Å². The molecule has 0 radical (unpaired) electrons. The maximum absolute atomic E-state index is 12.3. The average Bonchev–Trinajstić information content (AvgIpc) is 3.13. The van der Waals surface area contributed by atoms with E-state index in [1.54, 1.807) is 49.4 Å². The zero-order valence-corrected chi connectivity index (χ0v) is 15.9. The molecule has 1 amide bonds. The van der Waals surface area contributed by atoms with E-state index in [0.717, 1.165) is 5.56 Å². The van der Waals surface area contributed by atoms with E-state index in [9.17, 15) is 4.79 Å². The average molecular weight is 406 g/mol. The zero-order chi connectivity index (χ0) is 19.4. The van der Waals surface area contributed by atoms with Gasteiger partial charge in [-0.3, -0.25) is 4.79 Å². The Kier molecular flexibility index (Phi) is 6.06. The number of furan rings is 1. The molecule has 1 unspecified atom stereocenters. The maximum atomic E-state index is 12.3. The zero-order valence-electron chi connectivity index (χ0n) is 14.4. The summed E-state index contributed by atoms with van der Waals surface area (Å²) in [6.45, 7) is 1.48. The Hall–Kier alpha value is -2.47. The number of carbonyl (C=O) groups is 1. The van der Waals surface area contributed by atoms with Crippen LogP contribution in [0.4, 0.5) is 5.69 Å². The fourth-order valence-electron chi connectivity index (χ4n) is 2.39. The Bertz CT molecular complexity index is 937. The molecule has 2 N–H and O–H groups in total.